The Morgan fingerprint density at radius 1 is 1.16 bits per heavy atom. The molecule has 0 amide bonds. The lowest BCUT2D eigenvalue weighted by atomic mass is 10.0. The highest BCUT2D eigenvalue weighted by Gasteiger charge is 2.48. The number of alkyl halides is 2. The number of rotatable bonds is 5. The molecule has 0 N–H and O–H groups in total. The number of hydrogen-bond acceptors (Lipinski definition) is 6. The minimum absolute atomic E-state index is 0.118. The third kappa shape index (κ3) is 2.91. The van der Waals surface area contributed by atoms with Crippen LogP contribution in [0.4, 0.5) is 8.78 Å². The maximum absolute atomic E-state index is 12.8. The van der Waals surface area contributed by atoms with E-state index in [1.165, 1.54) is 0 Å². The number of hydrogen-bond donors (Lipinski definition) is 0. The molecule has 2 rings (SSSR count). The Morgan fingerprint density at radius 3 is 2.21 bits per heavy atom. The van der Waals surface area contributed by atoms with Crippen LogP contribution >= 0.6 is 0 Å². The van der Waals surface area contributed by atoms with E-state index in [2.05, 4.69) is 4.18 Å². The summed E-state index contributed by atoms with van der Waals surface area (Å²) in [7, 11) is -10.2. The van der Waals surface area contributed by atoms with Crippen LogP contribution in [0, 0.1) is 11.8 Å². The highest BCUT2D eigenvalue weighted by atomic mass is 32.2. The molecular formula is C9H13F2O6S2-. The zero-order valence-electron chi connectivity index (χ0n) is 9.79. The van der Waals surface area contributed by atoms with Gasteiger partial charge in [-0.05, 0) is 31.1 Å². The number of fused-ring (bicyclic) bond motifs is 2. The molecule has 0 aromatic carbocycles. The van der Waals surface area contributed by atoms with E-state index in [1.807, 2.05) is 0 Å². The fourth-order valence-corrected chi connectivity index (χ4v) is 4.84. The van der Waals surface area contributed by atoms with Gasteiger partial charge < -0.3 is 4.55 Å². The van der Waals surface area contributed by atoms with Gasteiger partial charge in [-0.3, -0.25) is 4.18 Å². The van der Waals surface area contributed by atoms with E-state index in [-0.39, 0.29) is 11.8 Å². The summed E-state index contributed by atoms with van der Waals surface area (Å²) in [6.07, 6.45) is 2.70. The van der Waals surface area contributed by atoms with E-state index >= 15 is 0 Å². The minimum atomic E-state index is -5.93. The second kappa shape index (κ2) is 4.61. The molecule has 0 radical (unpaired) electrons. The summed E-state index contributed by atoms with van der Waals surface area (Å²) in [5.74, 6) is 0.143. The molecule has 6 nitrogen and oxygen atoms in total. The van der Waals surface area contributed by atoms with Crippen LogP contribution in [0.25, 0.3) is 0 Å². The summed E-state index contributed by atoms with van der Waals surface area (Å²) >= 11 is 0. The van der Waals surface area contributed by atoms with Gasteiger partial charge >= 0.3 is 5.25 Å². The molecule has 2 aliphatic carbocycles. The van der Waals surface area contributed by atoms with Crippen molar-refractivity contribution >= 4 is 20.2 Å². The highest BCUT2D eigenvalue weighted by Crippen LogP contribution is 2.47. The maximum Gasteiger partial charge on any atom is 0.358 e. The van der Waals surface area contributed by atoms with Gasteiger partial charge in [0.25, 0.3) is 10.1 Å². The summed E-state index contributed by atoms with van der Waals surface area (Å²) in [5, 5.41) is -5.60. The average molecular weight is 319 g/mol. The molecule has 0 aliphatic heterocycles. The normalized spacial score (nSPS) is 31.8. The van der Waals surface area contributed by atoms with Crippen molar-refractivity contribution in [3.63, 3.8) is 0 Å². The lowest BCUT2D eigenvalue weighted by molar-refractivity contribution is 0.0294. The fraction of sp³-hybridized carbons (Fsp3) is 1.00. The van der Waals surface area contributed by atoms with E-state index in [9.17, 15) is 30.2 Å². The summed E-state index contributed by atoms with van der Waals surface area (Å²) in [5.41, 5.74) is 0. The molecule has 2 aliphatic rings. The smallest absolute Gasteiger partial charge is 0.358 e. The third-order valence-electron chi connectivity index (χ3n) is 3.80. The molecule has 10 heteroatoms. The first-order valence-corrected chi connectivity index (χ1v) is 8.62. The van der Waals surface area contributed by atoms with Crippen LogP contribution in [0.3, 0.4) is 0 Å². The number of halogens is 2. The van der Waals surface area contributed by atoms with Crippen LogP contribution in [-0.4, -0.2) is 38.5 Å². The van der Waals surface area contributed by atoms with Crippen molar-refractivity contribution in [2.75, 3.05) is 6.61 Å². The summed E-state index contributed by atoms with van der Waals surface area (Å²) in [4.78, 5) is 0. The van der Waals surface area contributed by atoms with Crippen molar-refractivity contribution < 1.29 is 34.4 Å². The van der Waals surface area contributed by atoms with Gasteiger partial charge in [-0.25, -0.2) is 8.42 Å². The summed E-state index contributed by atoms with van der Waals surface area (Å²) in [6.45, 7) is -1.95. The van der Waals surface area contributed by atoms with E-state index < -0.39 is 37.3 Å². The predicted octanol–water partition coefficient (Wildman–Crippen LogP) is 0.659. The largest absolute Gasteiger partial charge is 0.743 e. The standard InChI is InChI=1S/C9H14F2O6S2/c10-9(11,19(14,15)16)5-17-18(12,13)8-4-6-1-2-7(8)3-6/h6-8H,1-5H2,(H,14,15,16)/p-1. The average Bonchev–Trinajstić information content (AvgIpc) is 2.87. The van der Waals surface area contributed by atoms with E-state index in [1.54, 1.807) is 0 Å². The Kier molecular flexibility index (Phi) is 3.65. The first kappa shape index (κ1) is 15.1. The van der Waals surface area contributed by atoms with Gasteiger partial charge in [0, 0.05) is 0 Å². The van der Waals surface area contributed by atoms with Crippen molar-refractivity contribution in [3.05, 3.63) is 0 Å². The molecule has 0 aromatic heterocycles. The van der Waals surface area contributed by atoms with Crippen LogP contribution in [0.5, 0.6) is 0 Å². The predicted molar refractivity (Wildman–Crippen MR) is 58.8 cm³/mol. The van der Waals surface area contributed by atoms with Crippen LogP contribution in [0.15, 0.2) is 0 Å². The molecule has 3 unspecified atom stereocenters. The molecule has 112 valence electrons. The molecule has 19 heavy (non-hydrogen) atoms. The van der Waals surface area contributed by atoms with Gasteiger partial charge in [-0.1, -0.05) is 6.42 Å². The van der Waals surface area contributed by atoms with Crippen LogP contribution < -0.4 is 0 Å². The van der Waals surface area contributed by atoms with Crippen LogP contribution in [0.2, 0.25) is 0 Å². The zero-order valence-corrected chi connectivity index (χ0v) is 11.4. The Bertz CT molecular complexity index is 555. The molecule has 3 atom stereocenters. The van der Waals surface area contributed by atoms with E-state index in [0.29, 0.717) is 12.8 Å². The van der Waals surface area contributed by atoms with Gasteiger partial charge in [-0.15, -0.1) is 0 Å². The SMILES string of the molecule is O=S(=O)(OCC(F)(F)S(=O)(=O)[O-])C1CC2CCC1C2. The Hall–Kier alpha value is -0.320. The molecule has 2 bridgehead atoms. The lowest BCUT2D eigenvalue weighted by Crippen LogP contribution is -2.37. The van der Waals surface area contributed by atoms with Crippen LogP contribution in [0.1, 0.15) is 25.7 Å². The summed E-state index contributed by atoms with van der Waals surface area (Å²) in [6, 6.07) is 0. The lowest BCUT2D eigenvalue weighted by Gasteiger charge is -2.24. The molecular weight excluding hydrogens is 306 g/mol. The van der Waals surface area contributed by atoms with Crippen molar-refractivity contribution in [1.82, 2.24) is 0 Å². The van der Waals surface area contributed by atoms with E-state index in [4.69, 9.17) is 0 Å². The molecule has 0 aromatic rings. The van der Waals surface area contributed by atoms with Crippen molar-refractivity contribution in [2.45, 2.75) is 36.2 Å². The second-order valence-corrected chi connectivity index (χ2v) is 8.39. The van der Waals surface area contributed by atoms with Crippen molar-refractivity contribution in [1.29, 1.82) is 0 Å². The molecule has 0 heterocycles. The molecule has 2 saturated carbocycles. The molecule has 2 fully saturated rings. The highest BCUT2D eigenvalue weighted by molar-refractivity contribution is 7.88. The Labute approximate surface area is 110 Å². The van der Waals surface area contributed by atoms with E-state index in [0.717, 1.165) is 12.8 Å². The monoisotopic (exact) mass is 319 g/mol. The molecule has 0 saturated heterocycles. The second-order valence-electron chi connectivity index (χ2n) is 5.06. The van der Waals surface area contributed by atoms with Gasteiger partial charge in [0.15, 0.2) is 10.1 Å². The molecule has 0 spiro atoms. The zero-order chi connectivity index (χ0) is 14.5. The minimum Gasteiger partial charge on any atom is -0.743 e. The first-order valence-electron chi connectivity index (χ1n) is 5.74. The van der Waals surface area contributed by atoms with Gasteiger partial charge in [0.2, 0.25) is 0 Å². The van der Waals surface area contributed by atoms with Crippen molar-refractivity contribution in [2.24, 2.45) is 11.8 Å². The topological polar surface area (TPSA) is 101 Å². The van der Waals surface area contributed by atoms with Crippen LogP contribution in [-0.2, 0) is 24.4 Å². The first-order chi connectivity index (χ1) is 8.53. The quantitative estimate of drug-likeness (QED) is 0.545. The van der Waals surface area contributed by atoms with Crippen molar-refractivity contribution in [3.8, 4) is 0 Å². The van der Waals surface area contributed by atoms with Gasteiger partial charge in [-0.2, -0.15) is 17.2 Å². The summed E-state index contributed by atoms with van der Waals surface area (Å²) < 4.78 is 84.0. The van der Waals surface area contributed by atoms with Gasteiger partial charge in [0.05, 0.1) is 5.25 Å². The maximum atomic E-state index is 12.8. The Morgan fingerprint density at radius 2 is 1.79 bits per heavy atom. The third-order valence-corrected chi connectivity index (χ3v) is 6.42. The fourth-order valence-electron chi connectivity index (χ4n) is 2.85. The van der Waals surface area contributed by atoms with Gasteiger partial charge in [0.1, 0.15) is 6.61 Å². The Balaban J connectivity index is 2.03.